The number of benzene rings is 1. The minimum Gasteiger partial charge on any atom is -0.508 e. The molecule has 0 amide bonds. The smallest absolute Gasteiger partial charge is 0.117 e. The highest BCUT2D eigenvalue weighted by atomic mass is 35.5. The van der Waals surface area contributed by atoms with E-state index in [0.717, 1.165) is 0 Å². The van der Waals surface area contributed by atoms with Crippen molar-refractivity contribution in [2.24, 2.45) is 0 Å². The maximum Gasteiger partial charge on any atom is 0.117 e. The van der Waals surface area contributed by atoms with Gasteiger partial charge in [0.1, 0.15) is 11.9 Å². The van der Waals surface area contributed by atoms with Crippen molar-refractivity contribution in [2.45, 2.75) is 18.6 Å². The molecule has 16 heavy (non-hydrogen) atoms. The van der Waals surface area contributed by atoms with Gasteiger partial charge in [-0.15, -0.1) is 0 Å². The van der Waals surface area contributed by atoms with Gasteiger partial charge in [0.25, 0.3) is 0 Å². The number of hydrogen-bond acceptors (Lipinski definition) is 4. The van der Waals surface area contributed by atoms with Crippen LogP contribution in [0.4, 0.5) is 0 Å². The fraction of sp³-hybridized carbons (Fsp3) is 0.455. The molecule has 0 spiro atoms. The maximum atomic E-state index is 9.82. The number of phenols is 1. The lowest BCUT2D eigenvalue weighted by atomic mass is 10.0. The summed E-state index contributed by atoms with van der Waals surface area (Å²) < 4.78 is 0. The molecule has 2 unspecified atom stereocenters. The second kappa shape index (κ2) is 6.06. The van der Waals surface area contributed by atoms with Gasteiger partial charge in [-0.05, 0) is 43.8 Å². The summed E-state index contributed by atoms with van der Waals surface area (Å²) in [7, 11) is 1.77. The molecular formula is C11H16ClNO3. The third-order valence-corrected chi connectivity index (χ3v) is 2.52. The average molecular weight is 246 g/mol. The molecule has 2 atom stereocenters. The molecule has 0 heterocycles. The van der Waals surface area contributed by atoms with E-state index < -0.39 is 12.2 Å². The lowest BCUT2D eigenvalue weighted by molar-refractivity contribution is 0.0139. The molecule has 1 aromatic carbocycles. The zero-order valence-corrected chi connectivity index (χ0v) is 9.78. The van der Waals surface area contributed by atoms with Crippen LogP contribution >= 0.6 is 11.6 Å². The first-order chi connectivity index (χ1) is 7.54. The molecule has 0 aliphatic carbocycles. The highest BCUT2D eigenvalue weighted by molar-refractivity contribution is 6.30. The average Bonchev–Trinajstić information content (AvgIpc) is 2.23. The largest absolute Gasteiger partial charge is 0.508 e. The standard InChI is InChI=1S/C11H16ClNO3/c1-13-3-2-10(15)11(16)7-4-8(12)6-9(14)5-7/h4-6,10-11,13-16H,2-3H2,1H3. The van der Waals surface area contributed by atoms with Gasteiger partial charge in [-0.2, -0.15) is 0 Å². The van der Waals surface area contributed by atoms with Crippen LogP contribution in [0.2, 0.25) is 5.02 Å². The number of nitrogens with one attached hydrogen (secondary N) is 1. The maximum absolute atomic E-state index is 9.82. The number of aliphatic hydroxyl groups is 2. The van der Waals surface area contributed by atoms with Crippen LogP contribution in [0.25, 0.3) is 0 Å². The number of aliphatic hydroxyl groups excluding tert-OH is 2. The summed E-state index contributed by atoms with van der Waals surface area (Å²) in [6.07, 6.45) is -1.51. The van der Waals surface area contributed by atoms with Crippen molar-refractivity contribution in [3.63, 3.8) is 0 Å². The molecule has 0 radical (unpaired) electrons. The lowest BCUT2D eigenvalue weighted by Gasteiger charge is -2.18. The van der Waals surface area contributed by atoms with E-state index >= 15 is 0 Å². The Labute approximate surface area is 99.5 Å². The third kappa shape index (κ3) is 3.64. The number of phenolic OH excluding ortho intramolecular Hbond substituents is 1. The van der Waals surface area contributed by atoms with Gasteiger partial charge in [0.15, 0.2) is 0 Å². The molecule has 0 bridgehead atoms. The van der Waals surface area contributed by atoms with Crippen molar-refractivity contribution in [2.75, 3.05) is 13.6 Å². The Morgan fingerprint density at radius 1 is 1.31 bits per heavy atom. The zero-order chi connectivity index (χ0) is 12.1. The van der Waals surface area contributed by atoms with Gasteiger partial charge in [0.2, 0.25) is 0 Å². The third-order valence-electron chi connectivity index (χ3n) is 2.30. The highest BCUT2D eigenvalue weighted by Crippen LogP contribution is 2.26. The van der Waals surface area contributed by atoms with E-state index in [1.54, 1.807) is 7.05 Å². The van der Waals surface area contributed by atoms with E-state index in [2.05, 4.69) is 5.32 Å². The second-order valence-corrected chi connectivity index (χ2v) is 4.08. The van der Waals surface area contributed by atoms with Gasteiger partial charge in [0, 0.05) is 5.02 Å². The first-order valence-corrected chi connectivity index (χ1v) is 5.42. The SMILES string of the molecule is CNCCC(O)C(O)c1cc(O)cc(Cl)c1. The Hall–Kier alpha value is -0.810. The topological polar surface area (TPSA) is 72.7 Å². The van der Waals surface area contributed by atoms with Gasteiger partial charge in [-0.1, -0.05) is 11.6 Å². The predicted molar refractivity (Wildman–Crippen MR) is 62.6 cm³/mol. The van der Waals surface area contributed by atoms with Crippen molar-refractivity contribution in [3.05, 3.63) is 28.8 Å². The molecule has 0 fully saturated rings. The van der Waals surface area contributed by atoms with Crippen molar-refractivity contribution >= 4 is 11.6 Å². The molecule has 0 aromatic heterocycles. The van der Waals surface area contributed by atoms with E-state index in [0.29, 0.717) is 23.6 Å². The van der Waals surface area contributed by atoms with Crippen LogP contribution in [0, 0.1) is 0 Å². The summed E-state index contributed by atoms with van der Waals surface area (Å²) in [6.45, 7) is 0.602. The minimum atomic E-state index is -1.04. The van der Waals surface area contributed by atoms with E-state index in [1.807, 2.05) is 0 Å². The molecule has 4 N–H and O–H groups in total. The Bertz CT molecular complexity index is 326. The highest BCUT2D eigenvalue weighted by Gasteiger charge is 2.18. The lowest BCUT2D eigenvalue weighted by Crippen LogP contribution is -2.23. The van der Waals surface area contributed by atoms with Crippen LogP contribution in [0.15, 0.2) is 18.2 Å². The van der Waals surface area contributed by atoms with Crippen LogP contribution in [0.5, 0.6) is 5.75 Å². The summed E-state index contributed by atoms with van der Waals surface area (Å²) in [6, 6.07) is 4.28. The Morgan fingerprint density at radius 3 is 2.56 bits per heavy atom. The second-order valence-electron chi connectivity index (χ2n) is 3.65. The summed E-state index contributed by atoms with van der Waals surface area (Å²) >= 11 is 5.74. The summed E-state index contributed by atoms with van der Waals surface area (Å²) in [5.74, 6) is -0.0256. The summed E-state index contributed by atoms with van der Waals surface area (Å²) in [4.78, 5) is 0. The first kappa shape index (κ1) is 13.3. The molecule has 4 nitrogen and oxygen atoms in total. The van der Waals surface area contributed by atoms with Crippen LogP contribution in [-0.2, 0) is 0 Å². The minimum absolute atomic E-state index is 0.0256. The Morgan fingerprint density at radius 2 is 2.00 bits per heavy atom. The number of halogens is 1. The quantitative estimate of drug-likeness (QED) is 0.626. The van der Waals surface area contributed by atoms with Crippen molar-refractivity contribution in [1.82, 2.24) is 5.32 Å². The van der Waals surface area contributed by atoms with Crippen molar-refractivity contribution in [1.29, 1.82) is 0 Å². The van der Waals surface area contributed by atoms with E-state index in [4.69, 9.17) is 11.6 Å². The van der Waals surface area contributed by atoms with Crippen LogP contribution in [0.3, 0.4) is 0 Å². The Balaban J connectivity index is 2.74. The molecule has 90 valence electrons. The molecule has 5 heteroatoms. The molecule has 0 aliphatic rings. The fourth-order valence-corrected chi connectivity index (χ4v) is 1.68. The van der Waals surface area contributed by atoms with Gasteiger partial charge in [-0.3, -0.25) is 0 Å². The van der Waals surface area contributed by atoms with Gasteiger partial charge < -0.3 is 20.6 Å². The van der Waals surface area contributed by atoms with Crippen molar-refractivity contribution in [3.8, 4) is 5.75 Å². The fourth-order valence-electron chi connectivity index (χ4n) is 1.44. The monoisotopic (exact) mass is 245 g/mol. The summed E-state index contributed by atoms with van der Waals surface area (Å²) in [5, 5.41) is 32.0. The molecule has 0 saturated carbocycles. The molecule has 1 rings (SSSR count). The normalized spacial score (nSPS) is 14.8. The number of hydrogen-bond donors (Lipinski definition) is 4. The Kier molecular flexibility index (Phi) is 5.02. The van der Waals surface area contributed by atoms with Crippen LogP contribution in [-0.4, -0.2) is 35.0 Å². The van der Waals surface area contributed by atoms with E-state index in [1.165, 1.54) is 18.2 Å². The molecular weight excluding hydrogens is 230 g/mol. The molecule has 0 saturated heterocycles. The molecule has 1 aromatic rings. The van der Waals surface area contributed by atoms with E-state index in [-0.39, 0.29) is 5.75 Å². The summed E-state index contributed by atoms with van der Waals surface area (Å²) in [5.41, 5.74) is 0.411. The van der Waals surface area contributed by atoms with Gasteiger partial charge >= 0.3 is 0 Å². The number of rotatable bonds is 5. The van der Waals surface area contributed by atoms with Gasteiger partial charge in [0.05, 0.1) is 6.10 Å². The van der Waals surface area contributed by atoms with E-state index in [9.17, 15) is 15.3 Å². The van der Waals surface area contributed by atoms with Crippen LogP contribution in [0.1, 0.15) is 18.1 Å². The van der Waals surface area contributed by atoms with Gasteiger partial charge in [-0.25, -0.2) is 0 Å². The van der Waals surface area contributed by atoms with Crippen molar-refractivity contribution < 1.29 is 15.3 Å². The number of aromatic hydroxyl groups is 1. The van der Waals surface area contributed by atoms with Crippen LogP contribution < -0.4 is 5.32 Å². The zero-order valence-electron chi connectivity index (χ0n) is 9.02. The molecule has 0 aliphatic heterocycles. The first-order valence-electron chi connectivity index (χ1n) is 5.04. The predicted octanol–water partition coefficient (Wildman–Crippen LogP) is 1.05.